The first kappa shape index (κ1) is 19.7. The number of aryl methyl sites for hydroxylation is 1. The van der Waals surface area contributed by atoms with Crippen molar-refractivity contribution in [3.63, 3.8) is 0 Å². The van der Waals surface area contributed by atoms with E-state index in [9.17, 15) is 4.79 Å². The molecule has 4 aromatic rings. The summed E-state index contributed by atoms with van der Waals surface area (Å²) in [6.45, 7) is 1.14. The van der Waals surface area contributed by atoms with Crippen LogP contribution in [-0.2, 0) is 11.2 Å². The molecule has 0 radical (unpaired) electrons. The van der Waals surface area contributed by atoms with Gasteiger partial charge in [-0.25, -0.2) is 9.97 Å². The van der Waals surface area contributed by atoms with E-state index in [0.29, 0.717) is 18.9 Å². The van der Waals surface area contributed by atoms with Crippen molar-refractivity contribution in [3.8, 4) is 0 Å². The molecule has 1 saturated carbocycles. The minimum Gasteiger partial charge on any atom is -0.353 e. The number of thiazole rings is 1. The highest BCUT2D eigenvalue weighted by Crippen LogP contribution is 2.37. The Hall–Kier alpha value is -2.99. The number of anilines is 2. The van der Waals surface area contributed by atoms with Gasteiger partial charge in [0, 0.05) is 36.5 Å². The van der Waals surface area contributed by atoms with Gasteiger partial charge in [0.15, 0.2) is 0 Å². The number of benzene rings is 2. The van der Waals surface area contributed by atoms with Gasteiger partial charge in [0.2, 0.25) is 5.91 Å². The maximum Gasteiger partial charge on any atom is 0.224 e. The smallest absolute Gasteiger partial charge is 0.224 e. The minimum absolute atomic E-state index is 0.0116. The van der Waals surface area contributed by atoms with E-state index in [1.54, 1.807) is 11.3 Å². The monoisotopic (exact) mass is 442 g/mol. The number of piperidine rings is 2. The van der Waals surface area contributed by atoms with Crippen molar-refractivity contribution in [2.75, 3.05) is 16.8 Å². The van der Waals surface area contributed by atoms with Crippen LogP contribution in [0, 0.1) is 5.92 Å². The number of nitrogens with one attached hydrogen (secondary N) is 1. The Morgan fingerprint density at radius 2 is 1.88 bits per heavy atom. The highest BCUT2D eigenvalue weighted by atomic mass is 32.1. The highest BCUT2D eigenvalue weighted by Gasteiger charge is 2.34. The summed E-state index contributed by atoms with van der Waals surface area (Å²) >= 11 is 1.66. The van der Waals surface area contributed by atoms with Crippen molar-refractivity contribution in [2.45, 2.75) is 44.6 Å². The topological polar surface area (TPSA) is 58.1 Å². The van der Waals surface area contributed by atoms with Crippen LogP contribution >= 0.6 is 11.3 Å². The van der Waals surface area contributed by atoms with Gasteiger partial charge in [-0.1, -0.05) is 12.1 Å². The van der Waals surface area contributed by atoms with Gasteiger partial charge in [-0.15, -0.1) is 11.3 Å². The fraction of sp³-hybridized carbons (Fsp3) is 0.346. The Labute approximate surface area is 191 Å². The summed E-state index contributed by atoms with van der Waals surface area (Å²) in [6, 6.07) is 19.0. The van der Waals surface area contributed by atoms with Crippen LogP contribution in [0.4, 0.5) is 11.5 Å². The molecule has 4 heterocycles. The molecule has 0 atom stereocenters. The molecule has 3 fully saturated rings. The molecule has 32 heavy (non-hydrogen) atoms. The third-order valence-corrected chi connectivity index (χ3v) is 7.96. The van der Waals surface area contributed by atoms with Crippen molar-refractivity contribution in [3.05, 3.63) is 59.6 Å². The molecule has 5 nitrogen and oxygen atoms in total. The van der Waals surface area contributed by atoms with Gasteiger partial charge in [0.05, 0.1) is 20.7 Å². The quantitative estimate of drug-likeness (QED) is 0.425. The molecule has 2 aliphatic heterocycles. The van der Waals surface area contributed by atoms with Crippen LogP contribution < -0.4 is 10.2 Å². The number of amides is 1. The Bertz CT molecular complexity index is 1260. The van der Waals surface area contributed by atoms with Gasteiger partial charge in [-0.3, -0.25) is 4.79 Å². The summed E-state index contributed by atoms with van der Waals surface area (Å²) < 4.78 is 1.17. The number of nitrogens with zero attached hydrogens (tertiary/aromatic N) is 3. The summed E-state index contributed by atoms with van der Waals surface area (Å²) in [5, 5.41) is 5.10. The molecule has 0 spiro atoms. The first-order valence-corrected chi connectivity index (χ1v) is 12.3. The number of pyridine rings is 1. The lowest BCUT2D eigenvalue weighted by Crippen LogP contribution is -2.48. The molecule has 1 N–H and O–H groups in total. The van der Waals surface area contributed by atoms with Crippen LogP contribution in [-0.4, -0.2) is 28.5 Å². The maximum atomic E-state index is 12.5. The Balaban J connectivity index is 1.12. The molecule has 1 aliphatic carbocycles. The van der Waals surface area contributed by atoms with Gasteiger partial charge >= 0.3 is 0 Å². The molecule has 2 bridgehead atoms. The SMILES string of the molecule is O=C(CCc1nc2ccccc2s1)Nc1ccc2nc(N3CC4CCC3CC4)ccc2c1. The summed E-state index contributed by atoms with van der Waals surface area (Å²) in [6.07, 6.45) is 6.42. The molecule has 2 aromatic carbocycles. The van der Waals surface area contributed by atoms with Gasteiger partial charge in [0.1, 0.15) is 5.82 Å². The van der Waals surface area contributed by atoms with Crippen molar-refractivity contribution in [2.24, 2.45) is 5.92 Å². The van der Waals surface area contributed by atoms with Crippen LogP contribution in [0.3, 0.4) is 0 Å². The lowest BCUT2D eigenvalue weighted by Gasteiger charge is -2.46. The average Bonchev–Trinajstić information content (AvgIpc) is 3.26. The Morgan fingerprint density at radius 1 is 1.00 bits per heavy atom. The molecule has 0 unspecified atom stereocenters. The number of carbonyl (C=O) groups is 1. The van der Waals surface area contributed by atoms with Crippen molar-refractivity contribution in [1.29, 1.82) is 0 Å². The zero-order valence-corrected chi connectivity index (χ0v) is 18.8. The average molecular weight is 443 g/mol. The van der Waals surface area contributed by atoms with E-state index >= 15 is 0 Å². The Kier molecular flexibility index (Phi) is 5.02. The first-order valence-electron chi connectivity index (χ1n) is 11.5. The summed E-state index contributed by atoms with van der Waals surface area (Å²) in [5.74, 6) is 1.94. The van der Waals surface area contributed by atoms with Crippen LogP contribution in [0.25, 0.3) is 21.1 Å². The molecular formula is C26H26N4OS. The number of carbonyl (C=O) groups excluding carboxylic acids is 1. The van der Waals surface area contributed by atoms with Crippen molar-refractivity contribution < 1.29 is 4.79 Å². The van der Waals surface area contributed by atoms with Gasteiger partial charge < -0.3 is 10.2 Å². The zero-order chi connectivity index (χ0) is 21.5. The standard InChI is InChI=1S/C26H26N4OS/c31-25(13-14-26-29-22-3-1-2-4-23(22)32-26)27-19-8-11-21-18(15-19)7-12-24(28-21)30-16-17-5-9-20(30)10-6-17/h1-4,7-8,11-12,15,17,20H,5-6,9-10,13-14,16H2,(H,27,31). The van der Waals surface area contributed by atoms with E-state index in [2.05, 4.69) is 33.4 Å². The van der Waals surface area contributed by atoms with Crippen LogP contribution in [0.15, 0.2) is 54.6 Å². The second kappa shape index (κ2) is 8.17. The molecule has 1 amide bonds. The van der Waals surface area contributed by atoms with E-state index < -0.39 is 0 Å². The van der Waals surface area contributed by atoms with Crippen molar-refractivity contribution >= 4 is 49.9 Å². The third-order valence-electron chi connectivity index (χ3n) is 6.87. The second-order valence-electron chi connectivity index (χ2n) is 9.03. The number of aromatic nitrogens is 2. The lowest BCUT2D eigenvalue weighted by molar-refractivity contribution is -0.116. The van der Waals surface area contributed by atoms with E-state index in [1.807, 2.05) is 36.4 Å². The molecule has 162 valence electrons. The fourth-order valence-corrected chi connectivity index (χ4v) is 6.14. The van der Waals surface area contributed by atoms with E-state index in [-0.39, 0.29) is 5.91 Å². The van der Waals surface area contributed by atoms with E-state index in [4.69, 9.17) is 4.98 Å². The van der Waals surface area contributed by atoms with Gasteiger partial charge in [-0.2, -0.15) is 0 Å². The van der Waals surface area contributed by atoms with E-state index in [0.717, 1.165) is 45.4 Å². The number of fused-ring (bicyclic) bond motifs is 5. The third kappa shape index (κ3) is 3.84. The lowest BCUT2D eigenvalue weighted by atomic mass is 9.80. The summed E-state index contributed by atoms with van der Waals surface area (Å²) in [4.78, 5) is 24.6. The highest BCUT2D eigenvalue weighted by molar-refractivity contribution is 7.18. The first-order chi connectivity index (χ1) is 15.7. The fourth-order valence-electron chi connectivity index (χ4n) is 5.17. The molecule has 2 saturated heterocycles. The second-order valence-corrected chi connectivity index (χ2v) is 10.1. The number of rotatable bonds is 5. The largest absolute Gasteiger partial charge is 0.353 e. The zero-order valence-electron chi connectivity index (χ0n) is 18.0. The van der Waals surface area contributed by atoms with Crippen LogP contribution in [0.1, 0.15) is 37.1 Å². The number of hydrogen-bond acceptors (Lipinski definition) is 5. The molecule has 3 aliphatic rings. The predicted octanol–water partition coefficient (Wildman–Crippen LogP) is 5.79. The van der Waals surface area contributed by atoms with Gasteiger partial charge in [-0.05, 0) is 74.1 Å². The predicted molar refractivity (Wildman–Crippen MR) is 131 cm³/mol. The maximum absolute atomic E-state index is 12.5. The molecular weight excluding hydrogens is 416 g/mol. The molecule has 7 rings (SSSR count). The summed E-state index contributed by atoms with van der Waals surface area (Å²) in [5.41, 5.74) is 2.81. The number of para-hydroxylation sites is 1. The van der Waals surface area contributed by atoms with Gasteiger partial charge in [0.25, 0.3) is 0 Å². The van der Waals surface area contributed by atoms with Crippen LogP contribution in [0.2, 0.25) is 0 Å². The van der Waals surface area contributed by atoms with Crippen molar-refractivity contribution in [1.82, 2.24) is 9.97 Å². The number of hydrogen-bond donors (Lipinski definition) is 1. The molecule has 6 heteroatoms. The Morgan fingerprint density at radius 3 is 2.69 bits per heavy atom. The van der Waals surface area contributed by atoms with Crippen LogP contribution in [0.5, 0.6) is 0 Å². The summed E-state index contributed by atoms with van der Waals surface area (Å²) in [7, 11) is 0. The molecule has 2 aromatic heterocycles. The van der Waals surface area contributed by atoms with E-state index in [1.165, 1.54) is 30.4 Å². The minimum atomic E-state index is 0.0116. The normalized spacial score (nSPS) is 20.2.